The molecule has 0 fully saturated rings. The summed E-state index contributed by atoms with van der Waals surface area (Å²) in [5.74, 6) is 0.374. The van der Waals surface area contributed by atoms with Gasteiger partial charge in [-0.2, -0.15) is 4.31 Å². The Hall–Kier alpha value is -3.16. The second-order valence-corrected chi connectivity index (χ2v) is 9.29. The maximum Gasteiger partial charge on any atom is 0.253 e. The van der Waals surface area contributed by atoms with E-state index in [0.717, 1.165) is 5.56 Å². The van der Waals surface area contributed by atoms with E-state index in [1.807, 2.05) is 30.3 Å². The standard InChI is InChI=1S/C24H26N2O4S/c1-25(17-19-10-6-4-7-11-19)24(27)20-14-15-23(30-3)21(16-20)18-26(2)31(28,29)22-12-8-5-9-13-22/h4-16H,17-18H2,1-3H3. The van der Waals surface area contributed by atoms with Crippen molar-refractivity contribution in [1.29, 1.82) is 0 Å². The number of hydrogen-bond donors (Lipinski definition) is 0. The Kier molecular flexibility index (Phi) is 7.09. The van der Waals surface area contributed by atoms with E-state index in [9.17, 15) is 13.2 Å². The van der Waals surface area contributed by atoms with Crippen LogP contribution in [0.15, 0.2) is 83.8 Å². The Morgan fingerprint density at radius 2 is 1.48 bits per heavy atom. The highest BCUT2D eigenvalue weighted by molar-refractivity contribution is 7.89. The molecule has 0 aromatic heterocycles. The minimum Gasteiger partial charge on any atom is -0.496 e. The van der Waals surface area contributed by atoms with E-state index in [2.05, 4.69) is 0 Å². The molecule has 0 radical (unpaired) electrons. The van der Waals surface area contributed by atoms with Crippen LogP contribution in [0.4, 0.5) is 0 Å². The lowest BCUT2D eigenvalue weighted by molar-refractivity contribution is 0.0785. The fourth-order valence-electron chi connectivity index (χ4n) is 3.28. The molecule has 0 bridgehead atoms. The third-order valence-corrected chi connectivity index (χ3v) is 6.80. The van der Waals surface area contributed by atoms with Gasteiger partial charge in [-0.3, -0.25) is 4.79 Å². The number of sulfonamides is 1. The van der Waals surface area contributed by atoms with Gasteiger partial charge in [-0.15, -0.1) is 0 Å². The molecule has 31 heavy (non-hydrogen) atoms. The van der Waals surface area contributed by atoms with Crippen LogP contribution < -0.4 is 4.74 Å². The zero-order chi connectivity index (χ0) is 22.4. The van der Waals surface area contributed by atoms with E-state index in [1.165, 1.54) is 18.5 Å². The minimum absolute atomic E-state index is 0.0733. The summed E-state index contributed by atoms with van der Waals surface area (Å²) in [6.07, 6.45) is 0. The van der Waals surface area contributed by atoms with Crippen LogP contribution in [-0.4, -0.2) is 44.7 Å². The average molecular weight is 439 g/mol. The smallest absolute Gasteiger partial charge is 0.253 e. The number of carbonyl (C=O) groups is 1. The molecule has 3 aromatic rings. The van der Waals surface area contributed by atoms with Gasteiger partial charge in [-0.1, -0.05) is 48.5 Å². The lowest BCUT2D eigenvalue weighted by Gasteiger charge is -2.21. The first kappa shape index (κ1) is 22.5. The number of nitrogens with zero attached hydrogens (tertiary/aromatic N) is 2. The van der Waals surface area contributed by atoms with Crippen LogP contribution in [0, 0.1) is 0 Å². The Morgan fingerprint density at radius 3 is 2.10 bits per heavy atom. The molecule has 0 spiro atoms. The van der Waals surface area contributed by atoms with Gasteiger partial charge in [-0.25, -0.2) is 8.42 Å². The van der Waals surface area contributed by atoms with Crippen molar-refractivity contribution in [2.45, 2.75) is 18.0 Å². The van der Waals surface area contributed by atoms with Gasteiger partial charge >= 0.3 is 0 Å². The number of benzene rings is 3. The molecule has 0 saturated heterocycles. The molecule has 3 aromatic carbocycles. The third kappa shape index (κ3) is 5.31. The predicted molar refractivity (Wildman–Crippen MR) is 120 cm³/mol. The van der Waals surface area contributed by atoms with Gasteiger partial charge in [0.25, 0.3) is 5.91 Å². The lowest BCUT2D eigenvalue weighted by Crippen LogP contribution is -2.28. The topological polar surface area (TPSA) is 66.9 Å². The number of ether oxygens (including phenoxy) is 1. The summed E-state index contributed by atoms with van der Waals surface area (Å²) in [7, 11) is 1.10. The first-order valence-corrected chi connectivity index (χ1v) is 11.2. The molecular weight excluding hydrogens is 412 g/mol. The monoisotopic (exact) mass is 438 g/mol. The van der Waals surface area contributed by atoms with E-state index in [0.29, 0.717) is 23.4 Å². The van der Waals surface area contributed by atoms with Crippen LogP contribution in [0.2, 0.25) is 0 Å². The molecule has 0 unspecified atom stereocenters. The lowest BCUT2D eigenvalue weighted by atomic mass is 10.1. The zero-order valence-corrected chi connectivity index (χ0v) is 18.7. The van der Waals surface area contributed by atoms with Gasteiger partial charge in [0.05, 0.1) is 12.0 Å². The maximum atomic E-state index is 13.0. The summed E-state index contributed by atoms with van der Waals surface area (Å²) in [5.41, 5.74) is 2.11. The van der Waals surface area contributed by atoms with Crippen molar-refractivity contribution < 1.29 is 17.9 Å². The molecular formula is C24H26N2O4S. The summed E-state index contributed by atoms with van der Waals surface area (Å²) < 4.78 is 32.4. The summed E-state index contributed by atoms with van der Waals surface area (Å²) in [6.45, 7) is 0.549. The molecule has 0 aliphatic carbocycles. The molecule has 0 saturated carbocycles. The number of rotatable bonds is 8. The highest BCUT2D eigenvalue weighted by Gasteiger charge is 2.23. The van der Waals surface area contributed by atoms with E-state index in [4.69, 9.17) is 4.74 Å². The van der Waals surface area contributed by atoms with Crippen LogP contribution >= 0.6 is 0 Å². The second kappa shape index (κ2) is 9.76. The molecule has 7 heteroatoms. The Morgan fingerprint density at radius 1 is 0.871 bits per heavy atom. The Balaban J connectivity index is 1.82. The molecule has 0 aliphatic rings. The third-order valence-electron chi connectivity index (χ3n) is 4.98. The van der Waals surface area contributed by atoms with Crippen LogP contribution in [0.3, 0.4) is 0 Å². The summed E-state index contributed by atoms with van der Waals surface area (Å²) in [6, 6.07) is 23.1. The van der Waals surface area contributed by atoms with E-state index in [1.54, 1.807) is 60.5 Å². The largest absolute Gasteiger partial charge is 0.496 e. The van der Waals surface area contributed by atoms with Crippen molar-refractivity contribution in [1.82, 2.24) is 9.21 Å². The predicted octanol–water partition coefficient (Wildman–Crippen LogP) is 3.79. The van der Waals surface area contributed by atoms with Crippen molar-refractivity contribution in [3.63, 3.8) is 0 Å². The number of carbonyl (C=O) groups excluding carboxylic acids is 1. The number of hydrogen-bond acceptors (Lipinski definition) is 4. The van der Waals surface area contributed by atoms with Gasteiger partial charge in [-0.05, 0) is 35.9 Å². The van der Waals surface area contributed by atoms with E-state index in [-0.39, 0.29) is 17.3 Å². The molecule has 0 aliphatic heterocycles. The molecule has 6 nitrogen and oxygen atoms in total. The fourth-order valence-corrected chi connectivity index (χ4v) is 4.45. The quantitative estimate of drug-likeness (QED) is 0.537. The van der Waals surface area contributed by atoms with Crippen molar-refractivity contribution >= 4 is 15.9 Å². The Labute approximate surface area is 183 Å². The molecule has 162 valence electrons. The normalized spacial score (nSPS) is 11.4. The van der Waals surface area contributed by atoms with Gasteiger partial charge < -0.3 is 9.64 Å². The zero-order valence-electron chi connectivity index (χ0n) is 17.9. The van der Waals surface area contributed by atoms with Gasteiger partial charge in [0.2, 0.25) is 10.0 Å². The molecule has 0 atom stereocenters. The molecule has 0 heterocycles. The summed E-state index contributed by atoms with van der Waals surface area (Å²) >= 11 is 0. The first-order chi connectivity index (χ1) is 14.8. The van der Waals surface area contributed by atoms with Crippen LogP contribution in [-0.2, 0) is 23.1 Å². The maximum absolute atomic E-state index is 13.0. The highest BCUT2D eigenvalue weighted by Crippen LogP contribution is 2.25. The van der Waals surface area contributed by atoms with Gasteiger partial charge in [0.15, 0.2) is 0 Å². The summed E-state index contributed by atoms with van der Waals surface area (Å²) in [5, 5.41) is 0. The van der Waals surface area contributed by atoms with Crippen molar-refractivity contribution in [2.24, 2.45) is 0 Å². The van der Waals surface area contributed by atoms with Crippen molar-refractivity contribution in [3.8, 4) is 5.75 Å². The van der Waals surface area contributed by atoms with Gasteiger partial charge in [0.1, 0.15) is 5.75 Å². The van der Waals surface area contributed by atoms with E-state index < -0.39 is 10.0 Å². The van der Waals surface area contributed by atoms with Crippen molar-refractivity contribution in [3.05, 3.63) is 95.6 Å². The highest BCUT2D eigenvalue weighted by atomic mass is 32.2. The molecule has 0 N–H and O–H groups in total. The van der Waals surface area contributed by atoms with Crippen LogP contribution in [0.25, 0.3) is 0 Å². The van der Waals surface area contributed by atoms with Crippen molar-refractivity contribution in [2.75, 3.05) is 21.2 Å². The second-order valence-electron chi connectivity index (χ2n) is 7.25. The molecule has 1 amide bonds. The van der Waals surface area contributed by atoms with E-state index >= 15 is 0 Å². The van der Waals surface area contributed by atoms with Gasteiger partial charge in [0, 0.05) is 38.3 Å². The SMILES string of the molecule is COc1ccc(C(=O)N(C)Cc2ccccc2)cc1CN(C)S(=O)(=O)c1ccccc1. The summed E-state index contributed by atoms with van der Waals surface area (Å²) in [4.78, 5) is 14.8. The number of methoxy groups -OCH3 is 1. The average Bonchev–Trinajstić information content (AvgIpc) is 2.79. The first-order valence-electron chi connectivity index (χ1n) is 9.80. The fraction of sp³-hybridized carbons (Fsp3) is 0.208. The van der Waals surface area contributed by atoms with Crippen LogP contribution in [0.5, 0.6) is 5.75 Å². The molecule has 3 rings (SSSR count). The number of amides is 1. The van der Waals surface area contributed by atoms with Crippen LogP contribution in [0.1, 0.15) is 21.5 Å². The Bertz CT molecular complexity index is 1130. The minimum atomic E-state index is -3.67.